The maximum atomic E-state index is 12.7. The Labute approximate surface area is 177 Å². The molecule has 5 heteroatoms. The molecular weight excluding hydrogens is 472 g/mol. The van der Waals surface area contributed by atoms with Gasteiger partial charge >= 0.3 is 5.97 Å². The van der Waals surface area contributed by atoms with Crippen LogP contribution in [0.2, 0.25) is 0 Å². The molecule has 0 aliphatic heterocycles. The zero-order chi connectivity index (χ0) is 19.6. The van der Waals surface area contributed by atoms with Crippen LogP contribution in [0.3, 0.4) is 0 Å². The normalized spacial score (nSPS) is 21.1. The quantitative estimate of drug-likeness (QED) is 0.407. The van der Waals surface area contributed by atoms with Gasteiger partial charge in [-0.2, -0.15) is 0 Å². The van der Waals surface area contributed by atoms with Gasteiger partial charge in [-0.05, 0) is 79.9 Å². The maximum Gasteiger partial charge on any atom is 0.310 e. The van der Waals surface area contributed by atoms with Crippen molar-refractivity contribution in [3.63, 3.8) is 0 Å². The zero-order valence-electron chi connectivity index (χ0n) is 15.5. The second kappa shape index (κ2) is 8.19. The van der Waals surface area contributed by atoms with Crippen LogP contribution in [0.15, 0.2) is 64.1 Å². The van der Waals surface area contributed by atoms with Crippen molar-refractivity contribution in [3.8, 4) is 11.5 Å². The summed E-state index contributed by atoms with van der Waals surface area (Å²) in [5.74, 6) is 1.36. The van der Waals surface area contributed by atoms with Gasteiger partial charge in [-0.15, -0.1) is 0 Å². The van der Waals surface area contributed by atoms with E-state index in [2.05, 4.69) is 45.7 Å². The summed E-state index contributed by atoms with van der Waals surface area (Å²) >= 11 is 6.76. The Balaban J connectivity index is 1.66. The number of halogens is 2. The Morgan fingerprint density at radius 1 is 1.07 bits per heavy atom. The van der Waals surface area contributed by atoms with Crippen LogP contribution in [0.5, 0.6) is 11.5 Å². The number of hydrogen-bond donors (Lipinski definition) is 0. The smallest absolute Gasteiger partial charge is 0.310 e. The highest BCUT2D eigenvalue weighted by atomic mass is 79.9. The highest BCUT2D eigenvalue weighted by Crippen LogP contribution is 2.60. The van der Waals surface area contributed by atoms with Crippen molar-refractivity contribution in [2.75, 3.05) is 0 Å². The first-order valence-electron chi connectivity index (χ1n) is 8.85. The fourth-order valence-corrected chi connectivity index (χ4v) is 3.92. The standard InChI is InChI=1S/C22H22Br2O3/c1-14(26-21(25)20-18(13-19(23)24)22(20,2)3)15-8-7-11-17(12-15)27-16-9-5-4-6-10-16/h4-14,18,20H,1-3H3. The average molecular weight is 494 g/mol. The SMILES string of the molecule is CC(OC(=O)C1C(C=C(Br)Br)C1(C)C)c1cccc(Oc2ccccc2)c1. The molecule has 3 rings (SSSR count). The van der Waals surface area contributed by atoms with Gasteiger partial charge in [0, 0.05) is 0 Å². The van der Waals surface area contributed by atoms with Gasteiger partial charge < -0.3 is 9.47 Å². The summed E-state index contributed by atoms with van der Waals surface area (Å²) in [5, 5.41) is 0. The van der Waals surface area contributed by atoms with Crippen LogP contribution >= 0.6 is 31.9 Å². The van der Waals surface area contributed by atoms with E-state index in [1.165, 1.54) is 0 Å². The highest BCUT2D eigenvalue weighted by Gasteiger charge is 2.61. The van der Waals surface area contributed by atoms with Crippen LogP contribution < -0.4 is 4.74 Å². The second-order valence-corrected chi connectivity index (χ2v) is 10.1. The Bertz CT molecular complexity index is 842. The van der Waals surface area contributed by atoms with E-state index in [1.54, 1.807) is 0 Å². The monoisotopic (exact) mass is 492 g/mol. The third-order valence-corrected chi connectivity index (χ3v) is 5.60. The first-order chi connectivity index (χ1) is 12.8. The van der Waals surface area contributed by atoms with Gasteiger partial charge in [0.1, 0.15) is 17.6 Å². The van der Waals surface area contributed by atoms with Crippen LogP contribution in [0.4, 0.5) is 0 Å². The van der Waals surface area contributed by atoms with Gasteiger partial charge in [0.15, 0.2) is 0 Å². The van der Waals surface area contributed by atoms with Gasteiger partial charge in [0.2, 0.25) is 0 Å². The average Bonchev–Trinajstić information content (AvgIpc) is 3.15. The van der Waals surface area contributed by atoms with E-state index in [9.17, 15) is 4.79 Å². The topological polar surface area (TPSA) is 35.5 Å². The van der Waals surface area contributed by atoms with Crippen molar-refractivity contribution >= 4 is 37.8 Å². The Kier molecular flexibility index (Phi) is 6.11. The minimum absolute atomic E-state index is 0.0954. The molecule has 3 unspecified atom stereocenters. The molecule has 2 aromatic rings. The Morgan fingerprint density at radius 2 is 1.74 bits per heavy atom. The molecule has 0 amide bonds. The molecule has 3 nitrogen and oxygen atoms in total. The van der Waals surface area contributed by atoms with Crippen LogP contribution in [-0.2, 0) is 9.53 Å². The number of carbonyl (C=O) groups is 1. The fraction of sp³-hybridized carbons (Fsp3) is 0.318. The number of rotatable bonds is 6. The third-order valence-electron chi connectivity index (χ3n) is 5.07. The summed E-state index contributed by atoms with van der Waals surface area (Å²) in [6.45, 7) is 6.06. The number of hydrogen-bond acceptors (Lipinski definition) is 3. The van der Waals surface area contributed by atoms with Crippen molar-refractivity contribution in [2.45, 2.75) is 26.9 Å². The van der Waals surface area contributed by atoms with E-state index in [1.807, 2.05) is 67.6 Å². The fourth-order valence-electron chi connectivity index (χ4n) is 3.35. The van der Waals surface area contributed by atoms with Crippen molar-refractivity contribution in [1.29, 1.82) is 0 Å². The molecule has 0 N–H and O–H groups in total. The minimum atomic E-state index is -0.342. The van der Waals surface area contributed by atoms with Crippen molar-refractivity contribution < 1.29 is 14.3 Å². The first-order valence-corrected chi connectivity index (χ1v) is 10.4. The lowest BCUT2D eigenvalue weighted by molar-refractivity contribution is -0.151. The zero-order valence-corrected chi connectivity index (χ0v) is 18.7. The lowest BCUT2D eigenvalue weighted by Gasteiger charge is -2.15. The molecule has 0 radical (unpaired) electrons. The number of allylic oxidation sites excluding steroid dienone is 1. The van der Waals surface area contributed by atoms with E-state index in [0.717, 1.165) is 20.5 Å². The van der Waals surface area contributed by atoms with Gasteiger partial charge in [-0.25, -0.2) is 0 Å². The van der Waals surface area contributed by atoms with E-state index in [4.69, 9.17) is 9.47 Å². The molecule has 0 saturated heterocycles. The summed E-state index contributed by atoms with van der Waals surface area (Å²) in [6.07, 6.45) is 1.68. The highest BCUT2D eigenvalue weighted by molar-refractivity contribution is 9.28. The van der Waals surface area contributed by atoms with Gasteiger partial charge in [-0.3, -0.25) is 4.79 Å². The molecule has 1 aliphatic carbocycles. The largest absolute Gasteiger partial charge is 0.458 e. The Hall–Kier alpha value is -1.59. The van der Waals surface area contributed by atoms with Crippen LogP contribution in [0.25, 0.3) is 0 Å². The van der Waals surface area contributed by atoms with Crippen LogP contribution in [-0.4, -0.2) is 5.97 Å². The van der Waals surface area contributed by atoms with Crippen LogP contribution in [0.1, 0.15) is 32.4 Å². The summed E-state index contributed by atoms with van der Waals surface area (Å²) in [7, 11) is 0. The summed E-state index contributed by atoms with van der Waals surface area (Å²) in [5.41, 5.74) is 0.811. The number of ether oxygens (including phenoxy) is 2. The first kappa shape index (κ1) is 20.2. The maximum absolute atomic E-state index is 12.7. The minimum Gasteiger partial charge on any atom is -0.458 e. The van der Waals surface area contributed by atoms with Crippen molar-refractivity contribution in [2.24, 2.45) is 17.3 Å². The molecule has 1 saturated carbocycles. The summed E-state index contributed by atoms with van der Waals surface area (Å²) in [6, 6.07) is 17.3. The molecule has 3 atom stereocenters. The lowest BCUT2D eigenvalue weighted by Crippen LogP contribution is -2.13. The van der Waals surface area contributed by atoms with Crippen molar-refractivity contribution in [1.82, 2.24) is 0 Å². The number of carbonyl (C=O) groups excluding carboxylic acids is 1. The van der Waals surface area contributed by atoms with E-state index in [-0.39, 0.29) is 29.3 Å². The number of esters is 1. The van der Waals surface area contributed by atoms with E-state index < -0.39 is 0 Å². The van der Waals surface area contributed by atoms with Crippen molar-refractivity contribution in [3.05, 3.63) is 69.6 Å². The molecule has 27 heavy (non-hydrogen) atoms. The molecule has 0 heterocycles. The number of para-hydroxylation sites is 1. The number of benzene rings is 2. The lowest BCUT2D eigenvalue weighted by atomic mass is 10.1. The molecule has 0 aromatic heterocycles. The molecule has 0 spiro atoms. The Morgan fingerprint density at radius 3 is 2.41 bits per heavy atom. The molecule has 1 aliphatic rings. The molecule has 2 aromatic carbocycles. The van der Waals surface area contributed by atoms with Gasteiger partial charge in [-0.1, -0.05) is 50.3 Å². The van der Waals surface area contributed by atoms with Gasteiger partial charge in [0.25, 0.3) is 0 Å². The summed E-state index contributed by atoms with van der Waals surface area (Å²) in [4.78, 5) is 12.7. The van der Waals surface area contributed by atoms with E-state index in [0.29, 0.717) is 0 Å². The molecule has 1 fully saturated rings. The molecule has 142 valence electrons. The van der Waals surface area contributed by atoms with Crippen LogP contribution in [0, 0.1) is 17.3 Å². The van der Waals surface area contributed by atoms with E-state index >= 15 is 0 Å². The predicted molar refractivity (Wildman–Crippen MR) is 114 cm³/mol. The molecular formula is C22H22Br2O3. The second-order valence-electron chi connectivity index (χ2n) is 7.35. The van der Waals surface area contributed by atoms with Gasteiger partial charge in [0.05, 0.1) is 9.31 Å². The molecule has 0 bridgehead atoms. The summed E-state index contributed by atoms with van der Waals surface area (Å²) < 4.78 is 12.5. The predicted octanol–water partition coefficient (Wildman–Crippen LogP) is 6.99. The third kappa shape index (κ3) is 4.82.